The van der Waals surface area contributed by atoms with Gasteiger partial charge in [-0.2, -0.15) is 0 Å². The fraction of sp³-hybridized carbons (Fsp3) is 0.375. The maximum absolute atomic E-state index is 5.72. The van der Waals surface area contributed by atoms with Gasteiger partial charge in [0.25, 0.3) is 0 Å². The quantitative estimate of drug-likeness (QED) is 0.732. The van der Waals surface area contributed by atoms with Crippen LogP contribution in [-0.4, -0.2) is 11.5 Å². The van der Waals surface area contributed by atoms with E-state index in [9.17, 15) is 0 Å². The minimum absolute atomic E-state index is 0.634. The maximum Gasteiger partial charge on any atom is 0.0592 e. The van der Waals surface area contributed by atoms with Crippen LogP contribution >= 0.6 is 11.6 Å². The van der Waals surface area contributed by atoms with Crippen molar-refractivity contribution >= 4 is 11.6 Å². The van der Waals surface area contributed by atoms with Gasteiger partial charge < -0.3 is 5.73 Å². The van der Waals surface area contributed by atoms with Crippen molar-refractivity contribution in [2.24, 2.45) is 5.73 Å². The Morgan fingerprint density at radius 1 is 1.64 bits per heavy atom. The van der Waals surface area contributed by atoms with Crippen LogP contribution in [-0.2, 0) is 6.42 Å². The Balaban J connectivity index is 2.90. The van der Waals surface area contributed by atoms with Gasteiger partial charge >= 0.3 is 0 Å². The van der Waals surface area contributed by atoms with Gasteiger partial charge in [0.05, 0.1) is 5.02 Å². The average molecular weight is 171 g/mol. The zero-order valence-corrected chi connectivity index (χ0v) is 7.23. The molecule has 2 nitrogen and oxygen atoms in total. The van der Waals surface area contributed by atoms with E-state index in [4.69, 9.17) is 17.3 Å². The van der Waals surface area contributed by atoms with Crippen LogP contribution in [0.2, 0.25) is 5.02 Å². The van der Waals surface area contributed by atoms with Crippen LogP contribution < -0.4 is 5.73 Å². The van der Waals surface area contributed by atoms with E-state index in [1.807, 2.05) is 13.0 Å². The lowest BCUT2D eigenvalue weighted by Crippen LogP contribution is -2.05. The molecule has 60 valence electrons. The molecule has 1 aromatic rings. The smallest absolute Gasteiger partial charge is 0.0592 e. The highest BCUT2D eigenvalue weighted by Gasteiger charge is 1.98. The Labute approximate surface area is 71.4 Å². The maximum atomic E-state index is 5.72. The Bertz CT molecular complexity index is 248. The van der Waals surface area contributed by atoms with Gasteiger partial charge in [-0.3, -0.25) is 4.98 Å². The van der Waals surface area contributed by atoms with Crippen molar-refractivity contribution in [1.82, 2.24) is 4.98 Å². The highest BCUT2D eigenvalue weighted by atomic mass is 35.5. The first-order valence-corrected chi connectivity index (χ1v) is 3.93. The first-order valence-electron chi connectivity index (χ1n) is 3.55. The van der Waals surface area contributed by atoms with Gasteiger partial charge in [0.15, 0.2) is 0 Å². The van der Waals surface area contributed by atoms with Crippen LogP contribution in [0.3, 0.4) is 0 Å². The molecule has 0 aliphatic rings. The first-order chi connectivity index (χ1) is 5.24. The van der Waals surface area contributed by atoms with E-state index >= 15 is 0 Å². The molecule has 0 saturated carbocycles. The summed E-state index contributed by atoms with van der Waals surface area (Å²) in [5.41, 5.74) is 7.55. The number of hydrogen-bond donors (Lipinski definition) is 1. The summed E-state index contributed by atoms with van der Waals surface area (Å²) in [5.74, 6) is 0. The third-order valence-electron chi connectivity index (χ3n) is 1.53. The number of aryl methyl sites for hydroxylation is 1. The molecule has 0 saturated heterocycles. The molecule has 0 aliphatic carbocycles. The molecule has 0 aromatic carbocycles. The van der Waals surface area contributed by atoms with Gasteiger partial charge in [-0.05, 0) is 25.1 Å². The topological polar surface area (TPSA) is 38.9 Å². The van der Waals surface area contributed by atoms with E-state index in [1.54, 1.807) is 6.20 Å². The largest absolute Gasteiger partial charge is 0.330 e. The Kier molecular flexibility index (Phi) is 2.85. The van der Waals surface area contributed by atoms with Crippen LogP contribution in [0.1, 0.15) is 11.3 Å². The first kappa shape index (κ1) is 8.50. The van der Waals surface area contributed by atoms with Crippen LogP contribution in [0.15, 0.2) is 12.3 Å². The molecule has 3 heteroatoms. The predicted octanol–water partition coefficient (Wildman–Crippen LogP) is 1.54. The highest BCUT2D eigenvalue weighted by Crippen LogP contribution is 2.11. The van der Waals surface area contributed by atoms with E-state index in [0.29, 0.717) is 11.6 Å². The lowest BCUT2D eigenvalue weighted by Gasteiger charge is -2.01. The molecule has 0 unspecified atom stereocenters. The van der Waals surface area contributed by atoms with Gasteiger partial charge in [-0.15, -0.1) is 0 Å². The molecule has 1 rings (SSSR count). The molecular weight excluding hydrogens is 160 g/mol. The summed E-state index contributed by atoms with van der Waals surface area (Å²) in [4.78, 5) is 4.16. The van der Waals surface area contributed by atoms with Crippen molar-refractivity contribution in [3.05, 3.63) is 28.5 Å². The van der Waals surface area contributed by atoms with Crippen LogP contribution in [0, 0.1) is 6.92 Å². The summed E-state index contributed by atoms with van der Waals surface area (Å²) in [6.45, 7) is 2.62. The number of rotatable bonds is 2. The summed E-state index contributed by atoms with van der Waals surface area (Å²) in [6, 6.07) is 1.90. The summed E-state index contributed by atoms with van der Waals surface area (Å²) in [7, 11) is 0. The van der Waals surface area contributed by atoms with Gasteiger partial charge in [0.1, 0.15) is 0 Å². The highest BCUT2D eigenvalue weighted by molar-refractivity contribution is 6.30. The number of nitrogens with zero attached hydrogens (tertiary/aromatic N) is 1. The van der Waals surface area contributed by atoms with Crippen molar-refractivity contribution in [2.75, 3.05) is 6.54 Å². The average Bonchev–Trinajstić information content (AvgIpc) is 1.95. The van der Waals surface area contributed by atoms with E-state index in [2.05, 4.69) is 4.98 Å². The van der Waals surface area contributed by atoms with E-state index in [0.717, 1.165) is 17.7 Å². The van der Waals surface area contributed by atoms with Crippen molar-refractivity contribution in [3.8, 4) is 0 Å². The molecule has 0 fully saturated rings. The van der Waals surface area contributed by atoms with Crippen molar-refractivity contribution in [1.29, 1.82) is 0 Å². The third-order valence-corrected chi connectivity index (χ3v) is 1.74. The molecule has 0 bridgehead atoms. The molecule has 1 heterocycles. The van der Waals surface area contributed by atoms with Crippen molar-refractivity contribution in [2.45, 2.75) is 13.3 Å². The van der Waals surface area contributed by atoms with Gasteiger partial charge in [0, 0.05) is 18.3 Å². The molecule has 2 N–H and O–H groups in total. The SMILES string of the molecule is Cc1cc(Cl)cnc1CCN. The predicted molar refractivity (Wildman–Crippen MR) is 46.7 cm³/mol. The molecule has 0 radical (unpaired) electrons. The summed E-state index contributed by atoms with van der Waals surface area (Å²) in [6.07, 6.45) is 2.47. The Morgan fingerprint density at radius 3 is 2.91 bits per heavy atom. The molecule has 0 aliphatic heterocycles. The standard InChI is InChI=1S/C8H11ClN2/c1-6-4-7(9)5-11-8(6)2-3-10/h4-5H,2-3,10H2,1H3. The summed E-state index contributed by atoms with van der Waals surface area (Å²) < 4.78 is 0. The van der Waals surface area contributed by atoms with Gasteiger partial charge in [-0.1, -0.05) is 11.6 Å². The second-order valence-corrected chi connectivity index (χ2v) is 2.89. The van der Waals surface area contributed by atoms with Crippen molar-refractivity contribution < 1.29 is 0 Å². The van der Waals surface area contributed by atoms with E-state index in [-0.39, 0.29) is 0 Å². The second kappa shape index (κ2) is 3.69. The number of hydrogen-bond acceptors (Lipinski definition) is 2. The zero-order valence-electron chi connectivity index (χ0n) is 6.47. The number of pyridine rings is 1. The molecule has 0 spiro atoms. The molecule has 0 amide bonds. The minimum Gasteiger partial charge on any atom is -0.330 e. The fourth-order valence-electron chi connectivity index (χ4n) is 0.967. The van der Waals surface area contributed by atoms with E-state index in [1.165, 1.54) is 0 Å². The van der Waals surface area contributed by atoms with E-state index < -0.39 is 0 Å². The number of aromatic nitrogens is 1. The summed E-state index contributed by atoms with van der Waals surface area (Å²) >= 11 is 5.72. The zero-order chi connectivity index (χ0) is 8.27. The number of nitrogens with two attached hydrogens (primary N) is 1. The monoisotopic (exact) mass is 170 g/mol. The van der Waals surface area contributed by atoms with Crippen molar-refractivity contribution in [3.63, 3.8) is 0 Å². The Hall–Kier alpha value is -0.600. The summed E-state index contributed by atoms with van der Waals surface area (Å²) in [5, 5.41) is 0.684. The lowest BCUT2D eigenvalue weighted by molar-refractivity contribution is 0.910. The van der Waals surface area contributed by atoms with Crippen LogP contribution in [0.4, 0.5) is 0 Å². The second-order valence-electron chi connectivity index (χ2n) is 2.46. The van der Waals surface area contributed by atoms with Gasteiger partial charge in [0.2, 0.25) is 0 Å². The molecule has 1 aromatic heterocycles. The minimum atomic E-state index is 0.634. The third kappa shape index (κ3) is 2.17. The molecular formula is C8H11ClN2. The van der Waals surface area contributed by atoms with Crippen LogP contribution in [0.25, 0.3) is 0 Å². The fourth-order valence-corrected chi connectivity index (χ4v) is 1.18. The molecule has 11 heavy (non-hydrogen) atoms. The molecule has 0 atom stereocenters. The normalized spacial score (nSPS) is 10.1. The lowest BCUT2D eigenvalue weighted by atomic mass is 10.2. The Morgan fingerprint density at radius 2 is 2.36 bits per heavy atom. The van der Waals surface area contributed by atoms with Gasteiger partial charge in [-0.25, -0.2) is 0 Å². The number of halogens is 1. The van der Waals surface area contributed by atoms with Crippen LogP contribution in [0.5, 0.6) is 0 Å².